The summed E-state index contributed by atoms with van der Waals surface area (Å²) < 4.78 is 4.54. The number of halogens is 3. The van der Waals surface area contributed by atoms with Crippen molar-refractivity contribution in [2.45, 2.75) is 32.9 Å². The van der Waals surface area contributed by atoms with Gasteiger partial charge in [0.2, 0.25) is 0 Å². The van der Waals surface area contributed by atoms with E-state index in [2.05, 4.69) is 28.3 Å². The van der Waals surface area contributed by atoms with Crippen molar-refractivity contribution in [3.63, 3.8) is 0 Å². The lowest BCUT2D eigenvalue weighted by molar-refractivity contribution is 0.199. The minimum atomic E-state index is 0.192. The molecule has 1 aromatic carbocycles. The monoisotopic (exact) mass is 363 g/mol. The first-order valence-corrected chi connectivity index (χ1v) is 8.59. The standard InChI is InChI=1S/C14H16Cl3N3S/c1-3-6-20(8-13-14(17)21-19-18-13)9(2)10-4-5-11(15)12(16)7-10/h4-5,7,9H,3,6,8H2,1-2H3. The Morgan fingerprint density at radius 3 is 2.57 bits per heavy atom. The molecule has 0 aliphatic heterocycles. The van der Waals surface area contributed by atoms with Gasteiger partial charge in [0.1, 0.15) is 10.0 Å². The van der Waals surface area contributed by atoms with Crippen molar-refractivity contribution < 1.29 is 0 Å². The maximum Gasteiger partial charge on any atom is 0.138 e. The third-order valence-corrected chi connectivity index (χ3v) is 5.07. The summed E-state index contributed by atoms with van der Waals surface area (Å²) in [5.41, 5.74) is 1.94. The zero-order valence-electron chi connectivity index (χ0n) is 11.8. The fourth-order valence-corrected chi connectivity index (χ4v) is 3.08. The number of aromatic nitrogens is 2. The van der Waals surface area contributed by atoms with E-state index in [0.717, 1.165) is 24.2 Å². The molecule has 3 nitrogen and oxygen atoms in total. The highest BCUT2D eigenvalue weighted by Crippen LogP contribution is 2.30. The van der Waals surface area contributed by atoms with Gasteiger partial charge in [-0.05, 0) is 37.6 Å². The molecule has 0 spiro atoms. The van der Waals surface area contributed by atoms with Gasteiger partial charge in [-0.1, -0.05) is 52.3 Å². The zero-order chi connectivity index (χ0) is 15.4. The van der Waals surface area contributed by atoms with Crippen molar-refractivity contribution >= 4 is 46.3 Å². The van der Waals surface area contributed by atoms with E-state index in [4.69, 9.17) is 34.8 Å². The summed E-state index contributed by atoms with van der Waals surface area (Å²) in [7, 11) is 0. The van der Waals surface area contributed by atoms with Crippen molar-refractivity contribution in [1.82, 2.24) is 14.5 Å². The summed E-state index contributed by atoms with van der Waals surface area (Å²) in [5.74, 6) is 0. The Labute approximate surface area is 144 Å². The van der Waals surface area contributed by atoms with Crippen molar-refractivity contribution in [1.29, 1.82) is 0 Å². The van der Waals surface area contributed by atoms with Gasteiger partial charge < -0.3 is 0 Å². The van der Waals surface area contributed by atoms with Gasteiger partial charge in [-0.2, -0.15) is 0 Å². The molecule has 0 saturated heterocycles. The average Bonchev–Trinajstić information content (AvgIpc) is 2.86. The Morgan fingerprint density at radius 1 is 1.24 bits per heavy atom. The first-order chi connectivity index (χ1) is 10.0. The minimum Gasteiger partial charge on any atom is -0.291 e. The lowest BCUT2D eigenvalue weighted by atomic mass is 10.1. The second kappa shape index (κ2) is 7.75. The van der Waals surface area contributed by atoms with Gasteiger partial charge in [-0.15, -0.1) is 5.10 Å². The molecule has 0 saturated carbocycles. The molecule has 114 valence electrons. The maximum atomic E-state index is 6.12. The molecule has 2 aromatic rings. The predicted octanol–water partition coefficient (Wildman–Crippen LogP) is 5.47. The molecule has 1 aromatic heterocycles. The fourth-order valence-electron chi connectivity index (χ4n) is 2.16. The van der Waals surface area contributed by atoms with Gasteiger partial charge in [0, 0.05) is 24.1 Å². The van der Waals surface area contributed by atoms with Crippen LogP contribution in [0.25, 0.3) is 0 Å². The molecule has 0 amide bonds. The molecule has 2 rings (SSSR count). The van der Waals surface area contributed by atoms with Crippen LogP contribution in [-0.2, 0) is 6.54 Å². The quantitative estimate of drug-likeness (QED) is 0.680. The van der Waals surface area contributed by atoms with Crippen LogP contribution < -0.4 is 0 Å². The van der Waals surface area contributed by atoms with Crippen LogP contribution >= 0.6 is 46.3 Å². The molecule has 0 aliphatic carbocycles. The highest BCUT2D eigenvalue weighted by Gasteiger charge is 2.19. The van der Waals surface area contributed by atoms with E-state index in [1.807, 2.05) is 18.2 Å². The topological polar surface area (TPSA) is 29.0 Å². The zero-order valence-corrected chi connectivity index (χ0v) is 14.9. The minimum absolute atomic E-state index is 0.192. The molecule has 1 unspecified atom stereocenters. The summed E-state index contributed by atoms with van der Waals surface area (Å²) in [6, 6.07) is 5.94. The third kappa shape index (κ3) is 4.30. The van der Waals surface area contributed by atoms with Crippen molar-refractivity contribution in [2.24, 2.45) is 0 Å². The second-order valence-electron chi connectivity index (χ2n) is 4.81. The van der Waals surface area contributed by atoms with Crippen LogP contribution in [0.2, 0.25) is 14.4 Å². The van der Waals surface area contributed by atoms with E-state index in [9.17, 15) is 0 Å². The number of hydrogen-bond acceptors (Lipinski definition) is 4. The lowest BCUT2D eigenvalue weighted by Crippen LogP contribution is -2.27. The summed E-state index contributed by atoms with van der Waals surface area (Å²) >= 11 is 19.4. The third-order valence-electron chi connectivity index (χ3n) is 3.35. The van der Waals surface area contributed by atoms with Crippen molar-refractivity contribution in [2.75, 3.05) is 6.54 Å². The van der Waals surface area contributed by atoms with Gasteiger partial charge in [0.15, 0.2) is 0 Å². The Balaban J connectivity index is 2.20. The van der Waals surface area contributed by atoms with Gasteiger partial charge in [0.05, 0.1) is 10.0 Å². The molecular formula is C14H16Cl3N3S. The summed E-state index contributed by atoms with van der Waals surface area (Å²) in [6.07, 6.45) is 1.04. The highest BCUT2D eigenvalue weighted by molar-refractivity contribution is 7.10. The first kappa shape index (κ1) is 17.0. The smallest absolute Gasteiger partial charge is 0.138 e. The van der Waals surface area contributed by atoms with Gasteiger partial charge >= 0.3 is 0 Å². The average molecular weight is 365 g/mol. The van der Waals surface area contributed by atoms with Gasteiger partial charge in [-0.25, -0.2) is 0 Å². The van der Waals surface area contributed by atoms with E-state index < -0.39 is 0 Å². The van der Waals surface area contributed by atoms with Crippen molar-refractivity contribution in [3.05, 3.63) is 43.8 Å². The van der Waals surface area contributed by atoms with Crippen LogP contribution in [-0.4, -0.2) is 21.0 Å². The Hall–Kier alpha value is -0.390. The van der Waals surface area contributed by atoms with E-state index >= 15 is 0 Å². The molecule has 0 bridgehead atoms. The van der Waals surface area contributed by atoms with Crippen LogP contribution in [0.5, 0.6) is 0 Å². The predicted molar refractivity (Wildman–Crippen MR) is 90.5 cm³/mol. The lowest BCUT2D eigenvalue weighted by Gasteiger charge is -2.28. The Kier molecular flexibility index (Phi) is 6.26. The maximum absolute atomic E-state index is 6.12. The molecule has 7 heteroatoms. The number of rotatable bonds is 6. The molecule has 0 aliphatic rings. The molecule has 0 radical (unpaired) electrons. The van der Waals surface area contributed by atoms with E-state index in [0.29, 0.717) is 20.9 Å². The van der Waals surface area contributed by atoms with Crippen LogP contribution in [0.15, 0.2) is 18.2 Å². The van der Waals surface area contributed by atoms with Crippen LogP contribution in [0.1, 0.15) is 37.6 Å². The fraction of sp³-hybridized carbons (Fsp3) is 0.429. The van der Waals surface area contributed by atoms with Gasteiger partial charge in [-0.3, -0.25) is 4.90 Å². The summed E-state index contributed by atoms with van der Waals surface area (Å²) in [6.45, 7) is 5.90. The number of nitrogens with zero attached hydrogens (tertiary/aromatic N) is 3. The SMILES string of the molecule is CCCN(Cc1nnsc1Cl)C(C)c1ccc(Cl)c(Cl)c1. The molecule has 1 atom stereocenters. The number of hydrogen-bond donors (Lipinski definition) is 0. The normalized spacial score (nSPS) is 12.9. The largest absolute Gasteiger partial charge is 0.291 e. The first-order valence-electron chi connectivity index (χ1n) is 6.68. The van der Waals surface area contributed by atoms with E-state index in [1.165, 1.54) is 11.5 Å². The highest BCUT2D eigenvalue weighted by atomic mass is 35.5. The van der Waals surface area contributed by atoms with E-state index in [1.54, 1.807) is 0 Å². The summed E-state index contributed by atoms with van der Waals surface area (Å²) in [5, 5.41) is 5.24. The molecular weight excluding hydrogens is 349 g/mol. The Morgan fingerprint density at radius 2 is 2.00 bits per heavy atom. The molecule has 21 heavy (non-hydrogen) atoms. The molecule has 1 heterocycles. The van der Waals surface area contributed by atoms with Crippen LogP contribution in [0.4, 0.5) is 0 Å². The molecule has 0 fully saturated rings. The van der Waals surface area contributed by atoms with E-state index in [-0.39, 0.29) is 6.04 Å². The van der Waals surface area contributed by atoms with Crippen LogP contribution in [0, 0.1) is 0 Å². The van der Waals surface area contributed by atoms with Gasteiger partial charge in [0.25, 0.3) is 0 Å². The van der Waals surface area contributed by atoms with Crippen molar-refractivity contribution in [3.8, 4) is 0 Å². The number of benzene rings is 1. The second-order valence-corrected chi connectivity index (χ2v) is 6.98. The molecule has 0 N–H and O–H groups in total. The Bertz CT molecular complexity index is 603. The summed E-state index contributed by atoms with van der Waals surface area (Å²) in [4.78, 5) is 2.31. The van der Waals surface area contributed by atoms with Crippen LogP contribution in [0.3, 0.4) is 0 Å².